The second-order valence-corrected chi connectivity index (χ2v) is 8.67. The Morgan fingerprint density at radius 1 is 1.12 bits per heavy atom. The van der Waals surface area contributed by atoms with Crippen LogP contribution in [0.3, 0.4) is 0 Å². The zero-order valence-corrected chi connectivity index (χ0v) is 16.0. The maximum atomic E-state index is 2.70. The number of rotatable bonds is 3. The fourth-order valence-corrected chi connectivity index (χ4v) is 6.11. The van der Waals surface area contributed by atoms with E-state index in [1.54, 1.807) is 11.1 Å². The number of halogens is 1. The van der Waals surface area contributed by atoms with Crippen LogP contribution in [0, 0.1) is 18.8 Å². The van der Waals surface area contributed by atoms with Gasteiger partial charge in [0.05, 0.1) is 0 Å². The van der Waals surface area contributed by atoms with Crippen molar-refractivity contribution < 1.29 is 0 Å². The summed E-state index contributed by atoms with van der Waals surface area (Å²) < 4.78 is 1.44. The number of hydrogen-bond donors (Lipinski definition) is 0. The van der Waals surface area contributed by atoms with Crippen LogP contribution in [0.15, 0.2) is 29.2 Å². The fraction of sp³-hybridized carbons (Fsp3) is 0.524. The summed E-state index contributed by atoms with van der Waals surface area (Å²) in [4.78, 5) is 2.70. The lowest BCUT2D eigenvalue weighted by Gasteiger charge is -2.25. The first-order valence-electron chi connectivity index (χ1n) is 9.23. The molecular formula is C21H26ClNS. The predicted molar refractivity (Wildman–Crippen MR) is 107 cm³/mol. The third kappa shape index (κ3) is 2.64. The average molecular weight is 360 g/mol. The third-order valence-corrected chi connectivity index (χ3v) is 7.43. The van der Waals surface area contributed by atoms with Gasteiger partial charge in [-0.15, -0.1) is 23.7 Å². The van der Waals surface area contributed by atoms with Crippen LogP contribution in [0.1, 0.15) is 43.2 Å². The topological polar surface area (TPSA) is 3.24 Å². The molecule has 2 aromatic rings. The summed E-state index contributed by atoms with van der Waals surface area (Å²) in [7, 11) is 0. The fourth-order valence-electron chi connectivity index (χ4n) is 5.18. The van der Waals surface area contributed by atoms with E-state index in [1.165, 1.54) is 73.0 Å². The molecule has 128 valence electrons. The van der Waals surface area contributed by atoms with Gasteiger partial charge in [0.2, 0.25) is 0 Å². The van der Waals surface area contributed by atoms with Crippen LogP contribution in [0.2, 0.25) is 0 Å². The number of fused-ring (bicyclic) bond motifs is 3. The highest BCUT2D eigenvalue weighted by atomic mass is 35.5. The van der Waals surface area contributed by atoms with Gasteiger partial charge in [-0.05, 0) is 109 Å². The summed E-state index contributed by atoms with van der Waals surface area (Å²) >= 11 is 1.88. The monoisotopic (exact) mass is 359 g/mol. The van der Waals surface area contributed by atoms with Crippen molar-refractivity contribution in [1.29, 1.82) is 0 Å². The molecule has 3 aliphatic rings. The lowest BCUT2D eigenvalue weighted by atomic mass is 9.86. The molecule has 1 aliphatic heterocycles. The number of aryl methyl sites for hydroxylation is 1. The van der Waals surface area contributed by atoms with Gasteiger partial charge < -0.3 is 0 Å². The minimum atomic E-state index is 0. The Bertz CT molecular complexity index is 784. The molecule has 2 unspecified atom stereocenters. The molecule has 3 heteroatoms. The molecule has 1 aromatic heterocycles. The number of benzene rings is 1. The van der Waals surface area contributed by atoms with E-state index in [0.717, 1.165) is 11.8 Å². The van der Waals surface area contributed by atoms with E-state index in [-0.39, 0.29) is 12.4 Å². The SMILES string of the molecule is Cc1csc2ccc(C3=C(CN4CCCC4)C4CCC3C4)cc12.Cl. The van der Waals surface area contributed by atoms with E-state index < -0.39 is 0 Å². The van der Waals surface area contributed by atoms with Gasteiger partial charge >= 0.3 is 0 Å². The molecule has 2 atom stereocenters. The minimum Gasteiger partial charge on any atom is -0.299 e. The second-order valence-electron chi connectivity index (χ2n) is 7.76. The summed E-state index contributed by atoms with van der Waals surface area (Å²) in [6, 6.07) is 7.24. The van der Waals surface area contributed by atoms with Crippen LogP contribution in [0.4, 0.5) is 0 Å². The number of allylic oxidation sites excluding steroid dienone is 1. The van der Waals surface area contributed by atoms with Crippen LogP contribution in [0.5, 0.6) is 0 Å². The lowest BCUT2D eigenvalue weighted by molar-refractivity contribution is 0.355. The average Bonchev–Trinajstić information content (AvgIpc) is 3.33. The van der Waals surface area contributed by atoms with E-state index in [2.05, 4.69) is 35.4 Å². The standard InChI is InChI=1S/C21H25NS.ClH/c1-14-13-23-20-7-6-17(11-18(14)20)21-16-5-4-15(10-16)19(21)12-22-8-2-3-9-22;/h6-7,11,13,15-16H,2-5,8-10,12H2,1H3;1H. The molecule has 1 aromatic carbocycles. The first kappa shape index (κ1) is 16.6. The largest absolute Gasteiger partial charge is 0.299 e. The summed E-state index contributed by atoms with van der Waals surface area (Å²) in [5.74, 6) is 1.73. The minimum absolute atomic E-state index is 0. The van der Waals surface area contributed by atoms with Gasteiger partial charge in [0.25, 0.3) is 0 Å². The van der Waals surface area contributed by atoms with Crippen molar-refractivity contribution in [3.05, 3.63) is 40.3 Å². The highest BCUT2D eigenvalue weighted by Gasteiger charge is 2.40. The van der Waals surface area contributed by atoms with Gasteiger partial charge in [-0.2, -0.15) is 0 Å². The first-order valence-corrected chi connectivity index (χ1v) is 10.1. The Morgan fingerprint density at radius 2 is 1.92 bits per heavy atom. The van der Waals surface area contributed by atoms with Crippen LogP contribution in [-0.2, 0) is 0 Å². The van der Waals surface area contributed by atoms with Crippen LogP contribution < -0.4 is 0 Å². The van der Waals surface area contributed by atoms with Gasteiger partial charge in [0, 0.05) is 11.2 Å². The first-order chi connectivity index (χ1) is 11.3. The highest BCUT2D eigenvalue weighted by Crippen LogP contribution is 2.53. The van der Waals surface area contributed by atoms with E-state index in [4.69, 9.17) is 0 Å². The van der Waals surface area contributed by atoms with Gasteiger partial charge in [0.1, 0.15) is 0 Å². The molecule has 2 fully saturated rings. The van der Waals surface area contributed by atoms with Gasteiger partial charge in [0.15, 0.2) is 0 Å². The van der Waals surface area contributed by atoms with Crippen molar-refractivity contribution in [1.82, 2.24) is 4.90 Å². The summed E-state index contributed by atoms with van der Waals surface area (Å²) in [5, 5.41) is 3.78. The number of hydrogen-bond acceptors (Lipinski definition) is 2. The Labute approximate surface area is 155 Å². The Morgan fingerprint density at radius 3 is 2.75 bits per heavy atom. The molecule has 0 amide bonds. The van der Waals surface area contributed by atoms with E-state index in [1.807, 2.05) is 11.3 Å². The summed E-state index contributed by atoms with van der Waals surface area (Å²) in [5.41, 5.74) is 6.51. The van der Waals surface area contributed by atoms with Crippen molar-refractivity contribution in [2.24, 2.45) is 11.8 Å². The number of thiophene rings is 1. The van der Waals surface area contributed by atoms with Gasteiger partial charge in [-0.3, -0.25) is 4.90 Å². The highest BCUT2D eigenvalue weighted by molar-refractivity contribution is 7.17. The molecule has 1 saturated carbocycles. The van der Waals surface area contributed by atoms with E-state index >= 15 is 0 Å². The van der Waals surface area contributed by atoms with Gasteiger partial charge in [-0.25, -0.2) is 0 Å². The number of nitrogens with zero attached hydrogens (tertiary/aromatic N) is 1. The van der Waals surface area contributed by atoms with Crippen molar-refractivity contribution in [2.45, 2.75) is 39.0 Å². The maximum Gasteiger partial charge on any atom is 0.0345 e. The van der Waals surface area contributed by atoms with Crippen LogP contribution >= 0.6 is 23.7 Å². The Balaban J connectivity index is 0.00000146. The molecule has 2 heterocycles. The third-order valence-electron chi connectivity index (χ3n) is 6.35. The molecule has 1 nitrogen and oxygen atoms in total. The number of likely N-dealkylation sites (tertiary alicyclic amines) is 1. The molecule has 1 saturated heterocycles. The molecule has 0 spiro atoms. The maximum absolute atomic E-state index is 2.70. The quantitative estimate of drug-likeness (QED) is 0.658. The molecule has 24 heavy (non-hydrogen) atoms. The zero-order chi connectivity index (χ0) is 15.4. The molecule has 2 aliphatic carbocycles. The molecular weight excluding hydrogens is 334 g/mol. The van der Waals surface area contributed by atoms with Crippen molar-refractivity contribution in [3.63, 3.8) is 0 Å². The lowest BCUT2D eigenvalue weighted by Crippen LogP contribution is -2.24. The molecule has 0 N–H and O–H groups in total. The Hall–Kier alpha value is -0.830. The van der Waals surface area contributed by atoms with Crippen LogP contribution in [0.25, 0.3) is 15.7 Å². The second kappa shape index (κ2) is 6.48. The van der Waals surface area contributed by atoms with Crippen molar-refractivity contribution >= 4 is 39.4 Å². The molecule has 0 radical (unpaired) electrons. The zero-order valence-electron chi connectivity index (χ0n) is 14.4. The summed E-state index contributed by atoms with van der Waals surface area (Å²) in [6.07, 6.45) is 7.09. The molecule has 2 bridgehead atoms. The Kier molecular flexibility index (Phi) is 4.49. The van der Waals surface area contributed by atoms with Crippen molar-refractivity contribution in [3.8, 4) is 0 Å². The predicted octanol–water partition coefficient (Wildman–Crippen LogP) is 5.91. The van der Waals surface area contributed by atoms with E-state index in [0.29, 0.717) is 0 Å². The van der Waals surface area contributed by atoms with Gasteiger partial charge in [-0.1, -0.05) is 6.07 Å². The molecule has 5 rings (SSSR count). The van der Waals surface area contributed by atoms with Crippen molar-refractivity contribution in [2.75, 3.05) is 19.6 Å². The summed E-state index contributed by atoms with van der Waals surface area (Å²) in [6.45, 7) is 6.13. The van der Waals surface area contributed by atoms with E-state index in [9.17, 15) is 0 Å². The smallest absolute Gasteiger partial charge is 0.0345 e. The van der Waals surface area contributed by atoms with Crippen LogP contribution in [-0.4, -0.2) is 24.5 Å². The normalized spacial score (nSPS) is 26.5.